The predicted octanol–water partition coefficient (Wildman–Crippen LogP) is 1.82. The van der Waals surface area contributed by atoms with Gasteiger partial charge in [-0.25, -0.2) is 13.2 Å². The second-order valence-electron chi connectivity index (χ2n) is 5.87. The minimum absolute atomic E-state index is 0.0541. The third-order valence-corrected chi connectivity index (χ3v) is 5.93. The Morgan fingerprint density at radius 2 is 1.96 bits per heavy atom. The molecule has 1 fully saturated rings. The highest BCUT2D eigenvalue weighted by atomic mass is 32.2. The first kappa shape index (κ1) is 17.9. The molecule has 25 heavy (non-hydrogen) atoms. The summed E-state index contributed by atoms with van der Waals surface area (Å²) < 4.78 is 44.5. The fourth-order valence-electron chi connectivity index (χ4n) is 3.06. The molecule has 0 saturated carbocycles. The molecule has 0 amide bonds. The lowest BCUT2D eigenvalue weighted by Crippen LogP contribution is -2.42. The summed E-state index contributed by atoms with van der Waals surface area (Å²) in [5, 5.41) is -1.02. The molecular weight excluding hydrogens is 346 g/mol. The lowest BCUT2D eigenvalue weighted by atomic mass is 9.94. The number of benzene rings is 1. The molecule has 1 atom stereocenters. The number of anilines is 1. The molecule has 0 radical (unpaired) electrons. The van der Waals surface area contributed by atoms with Crippen LogP contribution in [-0.2, 0) is 29.0 Å². The summed E-state index contributed by atoms with van der Waals surface area (Å²) >= 11 is 0. The summed E-state index contributed by atoms with van der Waals surface area (Å²) in [6, 6.07) is 8.56. The molecule has 1 aliphatic heterocycles. The van der Waals surface area contributed by atoms with Crippen LogP contribution in [0.2, 0.25) is 0 Å². The zero-order valence-corrected chi connectivity index (χ0v) is 14.8. The van der Waals surface area contributed by atoms with E-state index in [2.05, 4.69) is 4.72 Å². The normalized spacial score (nSPS) is 22.4. The highest BCUT2D eigenvalue weighted by molar-refractivity contribution is 7.93. The van der Waals surface area contributed by atoms with E-state index in [1.807, 2.05) is 0 Å². The maximum Gasteiger partial charge on any atom is 0.335 e. The number of hydrogen-bond donors (Lipinski definition) is 1. The maximum absolute atomic E-state index is 12.8. The minimum atomic E-state index is -3.83. The summed E-state index contributed by atoms with van der Waals surface area (Å²) in [5.74, 6) is -1.69. The van der Waals surface area contributed by atoms with Gasteiger partial charge in [0.15, 0.2) is 5.79 Å². The molecule has 0 bridgehead atoms. The van der Waals surface area contributed by atoms with Crippen molar-refractivity contribution in [2.24, 2.45) is 0 Å². The minimum Gasteiger partial charge on any atom is -0.463 e. The Bertz CT molecular complexity index is 753. The number of para-hydroxylation sites is 1. The van der Waals surface area contributed by atoms with E-state index >= 15 is 0 Å². The van der Waals surface area contributed by atoms with Gasteiger partial charge in [0.05, 0.1) is 25.4 Å². The topological polar surface area (TPSA) is 90.9 Å². The highest BCUT2D eigenvalue weighted by Gasteiger charge is 2.46. The van der Waals surface area contributed by atoms with Crippen molar-refractivity contribution < 1.29 is 27.4 Å². The summed E-state index contributed by atoms with van der Waals surface area (Å²) in [7, 11) is -3.83. The van der Waals surface area contributed by atoms with E-state index in [0.717, 1.165) is 0 Å². The van der Waals surface area contributed by atoms with Crippen molar-refractivity contribution in [1.29, 1.82) is 0 Å². The van der Waals surface area contributed by atoms with Crippen molar-refractivity contribution in [3.8, 4) is 0 Å². The molecule has 1 N–H and O–H groups in total. The largest absolute Gasteiger partial charge is 0.463 e. The van der Waals surface area contributed by atoms with Crippen LogP contribution in [0.5, 0.6) is 0 Å². The third-order valence-electron chi connectivity index (χ3n) is 4.17. The number of carbonyl (C=O) groups excluding carboxylic acids is 1. The number of esters is 1. The number of hydrogen-bond acceptors (Lipinski definition) is 6. The Hall–Kier alpha value is -1.90. The Kier molecular flexibility index (Phi) is 5.12. The Morgan fingerprint density at radius 1 is 1.28 bits per heavy atom. The molecule has 1 aliphatic carbocycles. The predicted molar refractivity (Wildman–Crippen MR) is 91.4 cm³/mol. The van der Waals surface area contributed by atoms with E-state index in [9.17, 15) is 13.2 Å². The molecule has 136 valence electrons. The molecule has 1 spiro atoms. The van der Waals surface area contributed by atoms with Crippen LogP contribution in [0.3, 0.4) is 0 Å². The van der Waals surface area contributed by atoms with E-state index in [0.29, 0.717) is 25.3 Å². The molecule has 2 aliphatic rings. The molecule has 0 aromatic heterocycles. The number of sulfonamides is 1. The fourth-order valence-corrected chi connectivity index (χ4v) is 4.59. The van der Waals surface area contributed by atoms with Crippen molar-refractivity contribution in [2.75, 3.05) is 24.5 Å². The summed E-state index contributed by atoms with van der Waals surface area (Å²) in [4.78, 5) is 12.4. The number of ether oxygens (including phenoxy) is 3. The van der Waals surface area contributed by atoms with Crippen molar-refractivity contribution in [3.05, 3.63) is 42.0 Å². The second-order valence-corrected chi connectivity index (χ2v) is 7.73. The summed E-state index contributed by atoms with van der Waals surface area (Å²) in [6.07, 6.45) is 2.03. The molecule has 1 heterocycles. The van der Waals surface area contributed by atoms with Crippen LogP contribution in [0.25, 0.3) is 0 Å². The van der Waals surface area contributed by atoms with Crippen molar-refractivity contribution in [3.63, 3.8) is 0 Å². The van der Waals surface area contributed by atoms with Crippen LogP contribution < -0.4 is 4.72 Å². The second kappa shape index (κ2) is 7.15. The van der Waals surface area contributed by atoms with Gasteiger partial charge in [-0.15, -0.1) is 0 Å². The Balaban J connectivity index is 1.91. The smallest absolute Gasteiger partial charge is 0.335 e. The van der Waals surface area contributed by atoms with Crippen molar-refractivity contribution in [2.45, 2.75) is 30.8 Å². The van der Waals surface area contributed by atoms with Crippen LogP contribution in [0.4, 0.5) is 5.69 Å². The fraction of sp³-hybridized carbons (Fsp3) is 0.471. The van der Waals surface area contributed by atoms with E-state index in [1.165, 1.54) is 6.08 Å². The van der Waals surface area contributed by atoms with Crippen LogP contribution in [0, 0.1) is 0 Å². The first-order valence-electron chi connectivity index (χ1n) is 8.20. The lowest BCUT2D eigenvalue weighted by molar-refractivity contribution is -0.143. The van der Waals surface area contributed by atoms with Gasteiger partial charge in [0.2, 0.25) is 10.0 Å². The van der Waals surface area contributed by atoms with E-state index < -0.39 is 27.0 Å². The Labute approximate surface area is 147 Å². The molecule has 3 rings (SSSR count). The van der Waals surface area contributed by atoms with Crippen LogP contribution >= 0.6 is 0 Å². The first-order chi connectivity index (χ1) is 12.0. The standard InChI is InChI=1S/C17H21NO6S/c1-2-22-16(19)14-12-17(23-10-11-24-17)9-8-15(14)25(20,21)18-13-6-4-3-5-7-13/h3-7,12,15,18H,2,8-11H2,1H3. The molecule has 1 aromatic rings. The van der Waals surface area contributed by atoms with Crippen molar-refractivity contribution >= 4 is 21.7 Å². The van der Waals surface area contributed by atoms with Gasteiger partial charge in [0.1, 0.15) is 5.25 Å². The van der Waals surface area contributed by atoms with E-state index in [-0.39, 0.29) is 18.6 Å². The third kappa shape index (κ3) is 3.86. The molecule has 8 heteroatoms. The van der Waals surface area contributed by atoms with E-state index in [1.54, 1.807) is 37.3 Å². The summed E-state index contributed by atoms with van der Waals surface area (Å²) in [5.41, 5.74) is 0.498. The van der Waals surface area contributed by atoms with Crippen LogP contribution in [-0.4, -0.2) is 45.2 Å². The molecular formula is C17H21NO6S. The van der Waals surface area contributed by atoms with Crippen LogP contribution in [0.1, 0.15) is 19.8 Å². The van der Waals surface area contributed by atoms with Gasteiger partial charge in [-0.2, -0.15) is 0 Å². The molecule has 1 aromatic carbocycles. The van der Waals surface area contributed by atoms with E-state index in [4.69, 9.17) is 14.2 Å². The average Bonchev–Trinajstić information content (AvgIpc) is 3.03. The van der Waals surface area contributed by atoms with Gasteiger partial charge in [0.25, 0.3) is 0 Å². The number of carbonyl (C=O) groups is 1. The van der Waals surface area contributed by atoms with Gasteiger partial charge in [-0.1, -0.05) is 18.2 Å². The van der Waals surface area contributed by atoms with Gasteiger partial charge in [0, 0.05) is 12.1 Å². The SMILES string of the molecule is CCOC(=O)C1=CC2(CCC1S(=O)(=O)Nc1ccccc1)OCCO2. The average molecular weight is 367 g/mol. The van der Waals surface area contributed by atoms with Gasteiger partial charge in [-0.3, -0.25) is 4.72 Å². The molecule has 1 unspecified atom stereocenters. The number of nitrogens with one attached hydrogen (secondary N) is 1. The van der Waals surface area contributed by atoms with Gasteiger partial charge in [-0.05, 0) is 31.6 Å². The maximum atomic E-state index is 12.8. The first-order valence-corrected chi connectivity index (χ1v) is 9.75. The van der Waals surface area contributed by atoms with Crippen LogP contribution in [0.15, 0.2) is 42.0 Å². The van der Waals surface area contributed by atoms with Gasteiger partial charge < -0.3 is 14.2 Å². The zero-order chi connectivity index (χ0) is 17.9. The zero-order valence-electron chi connectivity index (χ0n) is 13.9. The lowest BCUT2D eigenvalue weighted by Gasteiger charge is -2.33. The molecule has 1 saturated heterocycles. The quantitative estimate of drug-likeness (QED) is 0.799. The summed E-state index contributed by atoms with van der Waals surface area (Å²) in [6.45, 7) is 2.65. The molecule has 7 nitrogen and oxygen atoms in total. The van der Waals surface area contributed by atoms with Gasteiger partial charge >= 0.3 is 5.97 Å². The number of rotatable bonds is 5. The Morgan fingerprint density at radius 3 is 2.60 bits per heavy atom. The highest BCUT2D eigenvalue weighted by Crippen LogP contribution is 2.37. The van der Waals surface area contributed by atoms with Crippen molar-refractivity contribution in [1.82, 2.24) is 0 Å². The monoisotopic (exact) mass is 367 g/mol.